The van der Waals surface area contributed by atoms with E-state index in [1.807, 2.05) is 30.3 Å². The van der Waals surface area contributed by atoms with E-state index >= 15 is 0 Å². The average Bonchev–Trinajstić information content (AvgIpc) is 2.65. The van der Waals surface area contributed by atoms with Gasteiger partial charge in [0.15, 0.2) is 0 Å². The minimum Gasteiger partial charge on any atom is -0.461 e. The maximum atomic E-state index is 11.8. The summed E-state index contributed by atoms with van der Waals surface area (Å²) in [5.41, 5.74) is 2.11. The van der Waals surface area contributed by atoms with Crippen molar-refractivity contribution in [2.45, 2.75) is 60.2 Å². The Labute approximate surface area is 174 Å². The first-order valence-corrected chi connectivity index (χ1v) is 10.1. The van der Waals surface area contributed by atoms with Gasteiger partial charge in [-0.3, -0.25) is 10.2 Å². The third kappa shape index (κ3) is 7.78. The van der Waals surface area contributed by atoms with E-state index < -0.39 is 12.4 Å². The summed E-state index contributed by atoms with van der Waals surface area (Å²) < 4.78 is 5.69. The lowest BCUT2D eigenvalue weighted by molar-refractivity contribution is -0.310. The van der Waals surface area contributed by atoms with E-state index in [1.54, 1.807) is 19.1 Å². The molecule has 0 bridgehead atoms. The fraction of sp³-hybridized carbons (Fsp3) is 0.458. The molecule has 5 heteroatoms. The SMILES string of the molecule is CC(C)CC(c1ccc(OC(C)OOC(=O)Nc2ccccc2)cc1)C(C)(C)C. The second kappa shape index (κ2) is 10.3. The zero-order chi connectivity index (χ0) is 21.4. The molecule has 0 aromatic heterocycles. The Morgan fingerprint density at radius 1 is 0.966 bits per heavy atom. The van der Waals surface area contributed by atoms with E-state index in [1.165, 1.54) is 5.56 Å². The van der Waals surface area contributed by atoms with Gasteiger partial charge in [0.1, 0.15) is 5.75 Å². The summed E-state index contributed by atoms with van der Waals surface area (Å²) in [5.74, 6) is 1.75. The summed E-state index contributed by atoms with van der Waals surface area (Å²) in [5, 5.41) is 2.57. The molecule has 2 aromatic rings. The lowest BCUT2D eigenvalue weighted by atomic mass is 9.72. The normalized spacial score (nSPS) is 13.6. The molecule has 5 nitrogen and oxygen atoms in total. The van der Waals surface area contributed by atoms with Crippen molar-refractivity contribution in [2.24, 2.45) is 11.3 Å². The van der Waals surface area contributed by atoms with Gasteiger partial charge in [0.05, 0.1) is 0 Å². The largest absolute Gasteiger partial charge is 0.461 e. The van der Waals surface area contributed by atoms with Crippen LogP contribution in [0.15, 0.2) is 54.6 Å². The number of amides is 1. The van der Waals surface area contributed by atoms with Gasteiger partial charge < -0.3 is 4.74 Å². The number of benzene rings is 2. The number of nitrogens with one attached hydrogen (secondary N) is 1. The second-order valence-corrected chi connectivity index (χ2v) is 8.76. The molecule has 0 saturated heterocycles. The molecule has 0 aliphatic rings. The number of hydrogen-bond donors (Lipinski definition) is 1. The van der Waals surface area contributed by atoms with Crippen LogP contribution < -0.4 is 10.1 Å². The van der Waals surface area contributed by atoms with Crippen LogP contribution in [0.5, 0.6) is 5.75 Å². The molecule has 1 amide bonds. The molecule has 0 aliphatic heterocycles. The van der Waals surface area contributed by atoms with E-state index in [0.29, 0.717) is 23.3 Å². The van der Waals surface area contributed by atoms with Crippen molar-refractivity contribution in [1.29, 1.82) is 0 Å². The molecule has 0 radical (unpaired) electrons. The maximum absolute atomic E-state index is 11.8. The minimum atomic E-state index is -0.739. The predicted octanol–water partition coefficient (Wildman–Crippen LogP) is 6.77. The van der Waals surface area contributed by atoms with Gasteiger partial charge in [-0.25, -0.2) is 4.79 Å². The molecule has 1 N–H and O–H groups in total. The number of anilines is 1. The predicted molar refractivity (Wildman–Crippen MR) is 116 cm³/mol. The number of para-hydroxylation sites is 1. The molecule has 0 fully saturated rings. The highest BCUT2D eigenvalue weighted by Crippen LogP contribution is 2.40. The molecule has 2 unspecified atom stereocenters. The van der Waals surface area contributed by atoms with Gasteiger partial charge in [-0.1, -0.05) is 65.0 Å². The topological polar surface area (TPSA) is 56.8 Å². The molecule has 2 rings (SSSR count). The molecule has 2 aromatic carbocycles. The molecule has 0 saturated carbocycles. The van der Waals surface area contributed by atoms with E-state index in [-0.39, 0.29) is 5.41 Å². The number of carbonyl (C=O) groups is 1. The zero-order valence-corrected chi connectivity index (χ0v) is 18.3. The Morgan fingerprint density at radius 3 is 2.14 bits per heavy atom. The van der Waals surface area contributed by atoms with E-state index in [2.05, 4.69) is 52.1 Å². The highest BCUT2D eigenvalue weighted by atomic mass is 17.2. The number of ether oxygens (including phenoxy) is 1. The molecular formula is C24H33NO4. The Bertz CT molecular complexity index is 751. The summed E-state index contributed by atoms with van der Waals surface area (Å²) in [6.07, 6.45) is -0.312. The standard InChI is InChI=1S/C24H33NO4/c1-17(2)16-22(24(4,5)6)19-12-14-21(15-13-19)27-18(3)28-29-23(26)25-20-10-8-7-9-11-20/h7-15,17-18,22H,16H2,1-6H3,(H,25,26). The van der Waals surface area contributed by atoms with Crippen LogP contribution in [-0.4, -0.2) is 12.4 Å². The fourth-order valence-electron chi connectivity index (χ4n) is 3.22. The number of rotatable bonds is 8. The van der Waals surface area contributed by atoms with Crippen molar-refractivity contribution in [3.05, 3.63) is 60.2 Å². The van der Waals surface area contributed by atoms with Crippen LogP contribution in [0.25, 0.3) is 0 Å². The van der Waals surface area contributed by atoms with Crippen molar-refractivity contribution in [2.75, 3.05) is 5.32 Å². The van der Waals surface area contributed by atoms with Gasteiger partial charge in [-0.2, -0.15) is 0 Å². The quantitative estimate of drug-likeness (QED) is 0.302. The van der Waals surface area contributed by atoms with Crippen molar-refractivity contribution in [3.8, 4) is 5.75 Å². The van der Waals surface area contributed by atoms with Crippen LogP contribution in [0, 0.1) is 11.3 Å². The molecule has 2 atom stereocenters. The van der Waals surface area contributed by atoms with Crippen molar-refractivity contribution >= 4 is 11.8 Å². The highest BCUT2D eigenvalue weighted by molar-refractivity contribution is 5.83. The molecule has 0 aliphatic carbocycles. The van der Waals surface area contributed by atoms with Gasteiger partial charge >= 0.3 is 6.09 Å². The first-order chi connectivity index (χ1) is 13.6. The third-order valence-electron chi connectivity index (χ3n) is 4.62. The number of hydrogen-bond acceptors (Lipinski definition) is 4. The lowest BCUT2D eigenvalue weighted by Crippen LogP contribution is -2.22. The zero-order valence-electron chi connectivity index (χ0n) is 18.3. The number of carbonyl (C=O) groups excluding carboxylic acids is 1. The smallest absolute Gasteiger partial charge is 0.443 e. The van der Waals surface area contributed by atoms with Crippen LogP contribution in [-0.2, 0) is 9.78 Å². The average molecular weight is 400 g/mol. The van der Waals surface area contributed by atoms with E-state index in [4.69, 9.17) is 14.5 Å². The summed E-state index contributed by atoms with van der Waals surface area (Å²) in [4.78, 5) is 21.5. The molecule has 158 valence electrons. The highest BCUT2D eigenvalue weighted by Gasteiger charge is 2.27. The van der Waals surface area contributed by atoms with Crippen LogP contribution in [0.2, 0.25) is 0 Å². The summed E-state index contributed by atoms with van der Waals surface area (Å²) >= 11 is 0. The van der Waals surface area contributed by atoms with Gasteiger partial charge in [-0.15, -0.1) is 4.89 Å². The second-order valence-electron chi connectivity index (χ2n) is 8.76. The Morgan fingerprint density at radius 2 is 1.59 bits per heavy atom. The van der Waals surface area contributed by atoms with Gasteiger partial charge in [0.2, 0.25) is 6.29 Å². The summed E-state index contributed by atoms with van der Waals surface area (Å²) in [7, 11) is 0. The van der Waals surface area contributed by atoms with Crippen LogP contribution in [0.1, 0.15) is 59.4 Å². The Balaban J connectivity index is 1.87. The van der Waals surface area contributed by atoms with Crippen molar-refractivity contribution in [1.82, 2.24) is 0 Å². The maximum Gasteiger partial charge on any atom is 0.443 e. The third-order valence-corrected chi connectivity index (χ3v) is 4.62. The van der Waals surface area contributed by atoms with E-state index in [9.17, 15) is 4.79 Å². The van der Waals surface area contributed by atoms with Crippen LogP contribution in [0.3, 0.4) is 0 Å². The van der Waals surface area contributed by atoms with E-state index in [0.717, 1.165) is 6.42 Å². The Kier molecular flexibility index (Phi) is 8.09. The summed E-state index contributed by atoms with van der Waals surface area (Å²) in [6.45, 7) is 13.0. The first kappa shape index (κ1) is 22.8. The van der Waals surface area contributed by atoms with Crippen LogP contribution >= 0.6 is 0 Å². The molecule has 29 heavy (non-hydrogen) atoms. The minimum absolute atomic E-state index is 0.184. The van der Waals surface area contributed by atoms with Crippen molar-refractivity contribution < 1.29 is 19.3 Å². The molecule has 0 spiro atoms. The first-order valence-electron chi connectivity index (χ1n) is 10.1. The van der Waals surface area contributed by atoms with Gasteiger partial charge in [0.25, 0.3) is 0 Å². The summed E-state index contributed by atoms with van der Waals surface area (Å²) in [6, 6.07) is 17.1. The monoisotopic (exact) mass is 399 g/mol. The van der Waals surface area contributed by atoms with Crippen molar-refractivity contribution in [3.63, 3.8) is 0 Å². The molecular weight excluding hydrogens is 366 g/mol. The Hall–Kier alpha value is -2.53. The van der Waals surface area contributed by atoms with Gasteiger partial charge in [0, 0.05) is 12.6 Å². The van der Waals surface area contributed by atoms with Gasteiger partial charge in [-0.05, 0) is 53.5 Å². The molecule has 0 heterocycles. The lowest BCUT2D eigenvalue weighted by Gasteiger charge is -2.32. The van der Waals surface area contributed by atoms with Crippen LogP contribution in [0.4, 0.5) is 10.5 Å². The fourth-order valence-corrected chi connectivity index (χ4v) is 3.22.